The van der Waals surface area contributed by atoms with Crippen molar-refractivity contribution in [2.75, 3.05) is 39.8 Å². The van der Waals surface area contributed by atoms with Gasteiger partial charge in [-0.15, -0.1) is 11.3 Å². The molecular formula is C21H29N5O2S. The highest BCUT2D eigenvalue weighted by Crippen LogP contribution is 2.25. The first-order valence-electron chi connectivity index (χ1n) is 9.82. The van der Waals surface area contributed by atoms with Crippen molar-refractivity contribution in [3.05, 3.63) is 51.0 Å². The Morgan fingerprint density at radius 1 is 1.31 bits per heavy atom. The Morgan fingerprint density at radius 3 is 2.79 bits per heavy atom. The largest absolute Gasteiger partial charge is 0.370 e. The van der Waals surface area contributed by atoms with E-state index in [9.17, 15) is 4.79 Å². The molecule has 2 aromatic rings. The maximum Gasteiger partial charge on any atom is 0.263 e. The molecule has 1 aromatic carbocycles. The number of hydrogen-bond donors (Lipinski definition) is 2. The second-order valence-electron chi connectivity index (χ2n) is 7.16. The van der Waals surface area contributed by atoms with E-state index in [1.54, 1.807) is 12.6 Å². The molecule has 1 fully saturated rings. The molecule has 0 saturated carbocycles. The van der Waals surface area contributed by atoms with Crippen molar-refractivity contribution in [3.63, 3.8) is 0 Å². The van der Waals surface area contributed by atoms with Gasteiger partial charge < -0.3 is 20.3 Å². The number of nitrogens with one attached hydrogen (secondary N) is 2. The van der Waals surface area contributed by atoms with Gasteiger partial charge in [-0.3, -0.25) is 9.79 Å². The fraction of sp³-hybridized carbons (Fsp3) is 0.476. The first-order chi connectivity index (χ1) is 14.0. The SMILES string of the molecule is CN=C(NCCNC(=O)c1scnc1C)N1CCOC(c2ccc(C)cc2C)C1. The van der Waals surface area contributed by atoms with Gasteiger partial charge in [0.2, 0.25) is 0 Å². The van der Waals surface area contributed by atoms with Gasteiger partial charge in [0, 0.05) is 26.7 Å². The monoisotopic (exact) mass is 415 g/mol. The second-order valence-corrected chi connectivity index (χ2v) is 8.02. The van der Waals surface area contributed by atoms with Gasteiger partial charge in [0.25, 0.3) is 5.91 Å². The number of aliphatic imine (C=N–C) groups is 1. The van der Waals surface area contributed by atoms with Crippen molar-refractivity contribution in [3.8, 4) is 0 Å². The van der Waals surface area contributed by atoms with E-state index in [1.165, 1.54) is 28.0 Å². The average molecular weight is 416 g/mol. The van der Waals surface area contributed by atoms with Gasteiger partial charge in [0.15, 0.2) is 5.96 Å². The van der Waals surface area contributed by atoms with Crippen LogP contribution in [0.15, 0.2) is 28.7 Å². The quantitative estimate of drug-likeness (QED) is 0.446. The van der Waals surface area contributed by atoms with E-state index >= 15 is 0 Å². The van der Waals surface area contributed by atoms with Gasteiger partial charge in [0.1, 0.15) is 11.0 Å². The summed E-state index contributed by atoms with van der Waals surface area (Å²) in [5, 5.41) is 6.27. The first kappa shape index (κ1) is 21.3. The van der Waals surface area contributed by atoms with E-state index in [4.69, 9.17) is 4.74 Å². The number of benzene rings is 1. The molecule has 29 heavy (non-hydrogen) atoms. The van der Waals surface area contributed by atoms with Gasteiger partial charge in [-0.2, -0.15) is 0 Å². The van der Waals surface area contributed by atoms with Crippen LogP contribution in [0.4, 0.5) is 0 Å². The number of rotatable bonds is 5. The summed E-state index contributed by atoms with van der Waals surface area (Å²) >= 11 is 1.36. The average Bonchev–Trinajstić information content (AvgIpc) is 3.14. The lowest BCUT2D eigenvalue weighted by Gasteiger charge is -2.35. The summed E-state index contributed by atoms with van der Waals surface area (Å²) in [6, 6.07) is 6.48. The van der Waals surface area contributed by atoms with Crippen LogP contribution in [0.1, 0.15) is 38.2 Å². The molecule has 1 unspecified atom stereocenters. The second kappa shape index (κ2) is 9.84. The molecule has 0 radical (unpaired) electrons. The lowest BCUT2D eigenvalue weighted by atomic mass is 10.00. The summed E-state index contributed by atoms with van der Waals surface area (Å²) in [5.74, 6) is 0.745. The van der Waals surface area contributed by atoms with Crippen LogP contribution in [0.3, 0.4) is 0 Å². The van der Waals surface area contributed by atoms with E-state index in [1.807, 2.05) is 6.92 Å². The van der Waals surface area contributed by atoms with Crippen LogP contribution in [0.25, 0.3) is 0 Å². The fourth-order valence-electron chi connectivity index (χ4n) is 3.50. The summed E-state index contributed by atoms with van der Waals surface area (Å²) in [4.78, 5) is 23.6. The molecule has 8 heteroatoms. The van der Waals surface area contributed by atoms with E-state index in [0.29, 0.717) is 24.6 Å². The zero-order valence-corrected chi connectivity index (χ0v) is 18.3. The molecular weight excluding hydrogens is 386 g/mol. The van der Waals surface area contributed by atoms with E-state index in [-0.39, 0.29) is 12.0 Å². The van der Waals surface area contributed by atoms with E-state index in [0.717, 1.165) is 24.7 Å². The first-order valence-corrected chi connectivity index (χ1v) is 10.7. The third-order valence-corrected chi connectivity index (χ3v) is 5.92. The van der Waals surface area contributed by atoms with E-state index < -0.39 is 0 Å². The molecule has 7 nitrogen and oxygen atoms in total. The smallest absolute Gasteiger partial charge is 0.263 e. The highest BCUT2D eigenvalue weighted by atomic mass is 32.1. The minimum absolute atomic E-state index is 0.0249. The molecule has 1 aromatic heterocycles. The van der Waals surface area contributed by atoms with Gasteiger partial charge in [0.05, 0.1) is 24.4 Å². The van der Waals surface area contributed by atoms with Crippen LogP contribution >= 0.6 is 11.3 Å². The molecule has 0 spiro atoms. The van der Waals surface area contributed by atoms with Gasteiger partial charge in [-0.25, -0.2) is 4.98 Å². The van der Waals surface area contributed by atoms with Crippen molar-refractivity contribution in [1.29, 1.82) is 0 Å². The maximum absolute atomic E-state index is 12.2. The van der Waals surface area contributed by atoms with Gasteiger partial charge in [-0.1, -0.05) is 23.8 Å². The van der Waals surface area contributed by atoms with E-state index in [2.05, 4.69) is 57.6 Å². The zero-order chi connectivity index (χ0) is 20.8. The Kier molecular flexibility index (Phi) is 7.22. The molecule has 1 atom stereocenters. The number of ether oxygens (including phenoxy) is 1. The summed E-state index contributed by atoms with van der Waals surface area (Å²) in [7, 11) is 1.78. The van der Waals surface area contributed by atoms with Crippen LogP contribution in [0.5, 0.6) is 0 Å². The third-order valence-electron chi connectivity index (χ3n) is 5.00. The normalized spacial score (nSPS) is 17.3. The number of guanidine groups is 1. The lowest BCUT2D eigenvalue weighted by Crippen LogP contribution is -2.49. The fourth-order valence-corrected chi connectivity index (χ4v) is 4.22. The number of carbonyl (C=O) groups is 1. The number of amides is 1. The topological polar surface area (TPSA) is 78.8 Å². The molecule has 2 heterocycles. The number of aromatic nitrogens is 1. The Labute approximate surface area is 176 Å². The molecule has 2 N–H and O–H groups in total. The van der Waals surface area contributed by atoms with Crippen LogP contribution < -0.4 is 10.6 Å². The predicted molar refractivity (Wildman–Crippen MR) is 117 cm³/mol. The number of carbonyl (C=O) groups excluding carboxylic acids is 1. The van der Waals surface area contributed by atoms with Crippen LogP contribution in [-0.2, 0) is 4.74 Å². The van der Waals surface area contributed by atoms with Crippen molar-refractivity contribution in [1.82, 2.24) is 20.5 Å². The summed E-state index contributed by atoms with van der Waals surface area (Å²) in [5.41, 5.74) is 6.19. The Balaban J connectivity index is 1.52. The Morgan fingerprint density at radius 2 is 2.10 bits per heavy atom. The molecule has 1 amide bonds. The van der Waals surface area contributed by atoms with Crippen molar-refractivity contribution in [2.45, 2.75) is 26.9 Å². The van der Waals surface area contributed by atoms with Crippen molar-refractivity contribution >= 4 is 23.2 Å². The number of nitrogens with zero attached hydrogens (tertiary/aromatic N) is 3. The molecule has 1 aliphatic rings. The summed E-state index contributed by atoms with van der Waals surface area (Å²) < 4.78 is 6.03. The lowest BCUT2D eigenvalue weighted by molar-refractivity contribution is -0.00829. The highest BCUT2D eigenvalue weighted by molar-refractivity contribution is 7.11. The maximum atomic E-state index is 12.2. The van der Waals surface area contributed by atoms with Crippen LogP contribution in [0.2, 0.25) is 0 Å². The summed E-state index contributed by atoms with van der Waals surface area (Å²) in [6.07, 6.45) is 0.0249. The predicted octanol–water partition coefficient (Wildman–Crippen LogP) is 2.45. The number of aryl methyl sites for hydroxylation is 3. The molecule has 156 valence electrons. The van der Waals surface area contributed by atoms with Gasteiger partial charge >= 0.3 is 0 Å². The zero-order valence-electron chi connectivity index (χ0n) is 17.5. The molecule has 1 saturated heterocycles. The number of morpholine rings is 1. The number of hydrogen-bond acceptors (Lipinski definition) is 5. The molecule has 1 aliphatic heterocycles. The minimum atomic E-state index is -0.0805. The van der Waals surface area contributed by atoms with Crippen LogP contribution in [0, 0.1) is 20.8 Å². The van der Waals surface area contributed by atoms with Crippen molar-refractivity contribution < 1.29 is 9.53 Å². The van der Waals surface area contributed by atoms with Gasteiger partial charge in [-0.05, 0) is 31.9 Å². The Hall–Kier alpha value is -2.45. The minimum Gasteiger partial charge on any atom is -0.370 e. The highest BCUT2D eigenvalue weighted by Gasteiger charge is 2.25. The summed E-state index contributed by atoms with van der Waals surface area (Å²) in [6.45, 7) is 9.37. The standard InChI is InChI=1S/C21H29N5O2S/c1-14-5-6-17(15(2)11-14)18-12-26(9-10-28-18)21(22-4)24-8-7-23-20(27)19-16(3)25-13-29-19/h5-6,11,13,18H,7-10,12H2,1-4H3,(H,22,24)(H,23,27). The molecule has 0 bridgehead atoms. The van der Waals surface area contributed by atoms with Crippen LogP contribution in [-0.4, -0.2) is 61.6 Å². The third kappa shape index (κ3) is 5.33. The van der Waals surface area contributed by atoms with Crippen molar-refractivity contribution in [2.24, 2.45) is 4.99 Å². The number of thiazole rings is 1. The molecule has 0 aliphatic carbocycles. The molecule has 3 rings (SSSR count). The Bertz CT molecular complexity index is 880.